The number of aromatic nitrogens is 3. The summed E-state index contributed by atoms with van der Waals surface area (Å²) in [6.45, 7) is 8.39. The highest BCUT2D eigenvalue weighted by molar-refractivity contribution is 9.10. The van der Waals surface area contributed by atoms with Gasteiger partial charge >= 0.3 is 0 Å². The van der Waals surface area contributed by atoms with Crippen LogP contribution in [-0.2, 0) is 6.54 Å². The Labute approximate surface area is 196 Å². The monoisotopic (exact) mass is 491 g/mol. The van der Waals surface area contributed by atoms with Crippen molar-refractivity contribution >= 4 is 32.5 Å². The highest BCUT2D eigenvalue weighted by Gasteiger charge is 2.34. The topological polar surface area (TPSA) is 72.2 Å². The Balaban J connectivity index is 1.34. The van der Waals surface area contributed by atoms with Gasteiger partial charge in [-0.3, -0.25) is 14.8 Å². The molecule has 2 saturated heterocycles. The summed E-state index contributed by atoms with van der Waals surface area (Å²) < 4.78 is 0.633. The molecule has 0 N–H and O–H groups in total. The van der Waals surface area contributed by atoms with Gasteiger partial charge in [0.15, 0.2) is 4.73 Å². The zero-order valence-corrected chi connectivity index (χ0v) is 19.7. The number of piperazine rings is 1. The quantitative estimate of drug-likeness (QED) is 0.519. The van der Waals surface area contributed by atoms with Gasteiger partial charge < -0.3 is 4.90 Å². The van der Waals surface area contributed by atoms with Crippen LogP contribution in [0.15, 0.2) is 47.6 Å². The third kappa shape index (κ3) is 4.20. The maximum absolute atomic E-state index is 9.48. The maximum atomic E-state index is 9.48. The van der Waals surface area contributed by atoms with E-state index in [9.17, 15) is 5.26 Å². The fourth-order valence-corrected chi connectivity index (χ4v) is 5.34. The van der Waals surface area contributed by atoms with E-state index in [0.717, 1.165) is 62.2 Å². The largest absolute Gasteiger partial charge is 0.368 e. The molecule has 0 radical (unpaired) electrons. The minimum absolute atomic E-state index is 0.465. The average molecular weight is 492 g/mol. The van der Waals surface area contributed by atoms with Gasteiger partial charge in [-0.1, -0.05) is 0 Å². The van der Waals surface area contributed by atoms with Crippen LogP contribution in [0.25, 0.3) is 10.9 Å². The van der Waals surface area contributed by atoms with Gasteiger partial charge in [0, 0.05) is 86.6 Å². The van der Waals surface area contributed by atoms with Gasteiger partial charge in [0.05, 0.1) is 11.1 Å². The van der Waals surface area contributed by atoms with Crippen LogP contribution in [0.1, 0.15) is 24.5 Å². The Bertz CT molecular complexity index is 1140. The van der Waals surface area contributed by atoms with E-state index >= 15 is 0 Å². The van der Waals surface area contributed by atoms with Crippen LogP contribution >= 0.6 is 15.9 Å². The Hall–Kier alpha value is -2.60. The lowest BCUT2D eigenvalue weighted by Crippen LogP contribution is -2.58. The second-order valence-corrected chi connectivity index (χ2v) is 9.42. The molecule has 0 amide bonds. The Morgan fingerprint density at radius 1 is 1.09 bits per heavy atom. The molecule has 7 nitrogen and oxygen atoms in total. The van der Waals surface area contributed by atoms with E-state index in [-0.39, 0.29) is 0 Å². The molecule has 2 aromatic heterocycles. The van der Waals surface area contributed by atoms with Crippen molar-refractivity contribution in [1.82, 2.24) is 24.8 Å². The molecule has 0 unspecified atom stereocenters. The third-order valence-electron chi connectivity index (χ3n) is 6.69. The van der Waals surface area contributed by atoms with Gasteiger partial charge in [-0.15, -0.1) is 0 Å². The van der Waals surface area contributed by atoms with E-state index in [1.54, 1.807) is 6.20 Å². The molecular formula is C24H26BrN7. The SMILES string of the molecule is C[C@@H]1CN(c2ccc(C#N)c3ncccc23)C[C@@H]2CCN(Cc3cnc(Br)nc3)CCN21. The van der Waals surface area contributed by atoms with Crippen LogP contribution in [0.5, 0.6) is 0 Å². The van der Waals surface area contributed by atoms with E-state index in [1.165, 1.54) is 5.69 Å². The molecule has 3 aromatic rings. The Morgan fingerprint density at radius 3 is 2.75 bits per heavy atom. The molecule has 2 fully saturated rings. The van der Waals surface area contributed by atoms with E-state index in [1.807, 2.05) is 24.5 Å². The molecule has 2 aliphatic heterocycles. The summed E-state index contributed by atoms with van der Waals surface area (Å²) in [5.41, 5.74) is 3.77. The summed E-state index contributed by atoms with van der Waals surface area (Å²) in [6, 6.07) is 11.3. The van der Waals surface area contributed by atoms with E-state index in [2.05, 4.69) is 70.7 Å². The van der Waals surface area contributed by atoms with Gasteiger partial charge in [-0.2, -0.15) is 5.26 Å². The predicted octanol–water partition coefficient (Wildman–Crippen LogP) is 3.44. The van der Waals surface area contributed by atoms with Crippen molar-refractivity contribution in [3.8, 4) is 6.07 Å². The third-order valence-corrected chi connectivity index (χ3v) is 7.10. The molecule has 4 heterocycles. The van der Waals surface area contributed by atoms with Gasteiger partial charge in [0.25, 0.3) is 0 Å². The summed E-state index contributed by atoms with van der Waals surface area (Å²) in [6.07, 6.45) is 6.71. The highest BCUT2D eigenvalue weighted by Crippen LogP contribution is 2.32. The lowest BCUT2D eigenvalue weighted by Gasteiger charge is -2.46. The molecule has 32 heavy (non-hydrogen) atoms. The fraction of sp³-hybridized carbons (Fsp3) is 0.417. The number of halogens is 1. The molecule has 0 aliphatic carbocycles. The molecule has 8 heteroatoms. The number of hydrogen-bond acceptors (Lipinski definition) is 7. The highest BCUT2D eigenvalue weighted by atomic mass is 79.9. The lowest BCUT2D eigenvalue weighted by atomic mass is 10.0. The zero-order valence-electron chi connectivity index (χ0n) is 18.2. The molecule has 0 saturated carbocycles. The first-order valence-corrected chi connectivity index (χ1v) is 11.9. The van der Waals surface area contributed by atoms with E-state index in [0.29, 0.717) is 22.4 Å². The Morgan fingerprint density at radius 2 is 1.94 bits per heavy atom. The van der Waals surface area contributed by atoms with Crippen molar-refractivity contribution in [2.45, 2.75) is 32.0 Å². The molecule has 5 rings (SSSR count). The first-order valence-electron chi connectivity index (χ1n) is 11.1. The second-order valence-electron chi connectivity index (χ2n) is 8.71. The minimum atomic E-state index is 0.465. The number of anilines is 1. The van der Waals surface area contributed by atoms with Gasteiger partial charge in [-0.25, -0.2) is 9.97 Å². The first kappa shape index (κ1) is 21.3. The first-order chi connectivity index (χ1) is 15.6. The van der Waals surface area contributed by atoms with Crippen LogP contribution in [0.4, 0.5) is 5.69 Å². The predicted molar refractivity (Wildman–Crippen MR) is 128 cm³/mol. The molecule has 2 atom stereocenters. The Kier molecular flexibility index (Phi) is 6.05. The van der Waals surface area contributed by atoms with Crippen molar-refractivity contribution in [2.75, 3.05) is 37.6 Å². The summed E-state index contributed by atoms with van der Waals surface area (Å²) in [5, 5.41) is 10.6. The number of hydrogen-bond donors (Lipinski definition) is 0. The number of fused-ring (bicyclic) bond motifs is 2. The number of rotatable bonds is 3. The fourth-order valence-electron chi connectivity index (χ4n) is 5.14. The minimum Gasteiger partial charge on any atom is -0.368 e. The molecule has 164 valence electrons. The standard InChI is InChI=1S/C24H26BrN7/c1-17-14-31(22-5-4-19(11-26)23-21(22)3-2-7-27-23)16-20-6-8-30(9-10-32(17)20)15-18-12-28-24(25)29-13-18/h2-5,7,12-13,17,20H,6,8-10,14-16H2,1H3/t17-,20+/m1/s1. The normalized spacial score (nSPS) is 22.3. The maximum Gasteiger partial charge on any atom is 0.196 e. The number of nitriles is 1. The number of nitrogens with zero attached hydrogens (tertiary/aromatic N) is 7. The lowest BCUT2D eigenvalue weighted by molar-refractivity contribution is 0.127. The van der Waals surface area contributed by atoms with Crippen molar-refractivity contribution in [1.29, 1.82) is 5.26 Å². The zero-order chi connectivity index (χ0) is 22.1. The van der Waals surface area contributed by atoms with Crippen molar-refractivity contribution in [3.05, 3.63) is 58.7 Å². The number of benzene rings is 1. The molecular weight excluding hydrogens is 466 g/mol. The number of pyridine rings is 1. The summed E-state index contributed by atoms with van der Waals surface area (Å²) in [4.78, 5) is 20.7. The van der Waals surface area contributed by atoms with Gasteiger partial charge in [-0.05, 0) is 53.5 Å². The molecule has 0 bridgehead atoms. The van der Waals surface area contributed by atoms with Crippen LogP contribution in [0.3, 0.4) is 0 Å². The van der Waals surface area contributed by atoms with Crippen LogP contribution in [0.2, 0.25) is 0 Å². The van der Waals surface area contributed by atoms with Crippen molar-refractivity contribution in [2.24, 2.45) is 0 Å². The molecule has 0 spiro atoms. The van der Waals surface area contributed by atoms with E-state index in [4.69, 9.17) is 0 Å². The van der Waals surface area contributed by atoms with Crippen LogP contribution in [-0.4, -0.2) is 69.6 Å². The summed E-state index contributed by atoms with van der Waals surface area (Å²) in [7, 11) is 0. The molecule has 2 aliphatic rings. The van der Waals surface area contributed by atoms with Gasteiger partial charge in [0.2, 0.25) is 0 Å². The van der Waals surface area contributed by atoms with Crippen molar-refractivity contribution in [3.63, 3.8) is 0 Å². The summed E-state index contributed by atoms with van der Waals surface area (Å²) in [5.74, 6) is 0. The smallest absolute Gasteiger partial charge is 0.196 e. The molecule has 1 aromatic carbocycles. The average Bonchev–Trinajstić information content (AvgIpc) is 3.02. The van der Waals surface area contributed by atoms with Gasteiger partial charge in [0.1, 0.15) is 6.07 Å². The van der Waals surface area contributed by atoms with Crippen LogP contribution in [0, 0.1) is 11.3 Å². The summed E-state index contributed by atoms with van der Waals surface area (Å²) >= 11 is 3.31. The van der Waals surface area contributed by atoms with Crippen LogP contribution < -0.4 is 4.90 Å². The van der Waals surface area contributed by atoms with E-state index < -0.39 is 0 Å². The van der Waals surface area contributed by atoms with Crippen molar-refractivity contribution < 1.29 is 0 Å². The second kappa shape index (κ2) is 9.10.